The van der Waals surface area contributed by atoms with Crippen LogP contribution in [0.4, 0.5) is 13.2 Å². The minimum absolute atomic E-state index is 0.0185. The maximum Gasteiger partial charge on any atom is 0.416 e. The third kappa shape index (κ3) is 5.70. The van der Waals surface area contributed by atoms with Crippen molar-refractivity contribution < 1.29 is 39.5 Å². The molecule has 2 aromatic carbocycles. The number of piperidine rings is 1. The van der Waals surface area contributed by atoms with E-state index in [1.807, 2.05) is 0 Å². The topological polar surface area (TPSA) is 97.8 Å². The van der Waals surface area contributed by atoms with Crippen LogP contribution >= 0.6 is 0 Å². The standard InChI is InChI=1S/C26H30F3NO6S2/c1-25(2,38(34,35)21-6-4-5-18(15-21)26(27,28)29)17-11-13-30(14-12-17)24(31)22-10-9-20(36-19-7-8-19)16-23(22)37(3,32)33/h4-6,9-10,15-17,19H,7-8,11-14H2,1-3H3. The smallest absolute Gasteiger partial charge is 0.416 e. The molecule has 1 heterocycles. The van der Waals surface area contributed by atoms with E-state index in [1.54, 1.807) is 6.07 Å². The van der Waals surface area contributed by atoms with Crippen molar-refractivity contribution in [2.75, 3.05) is 19.3 Å². The minimum atomic E-state index is -4.67. The van der Waals surface area contributed by atoms with Crippen LogP contribution in [0.2, 0.25) is 0 Å². The van der Waals surface area contributed by atoms with Crippen LogP contribution in [0.3, 0.4) is 0 Å². The number of ether oxygens (including phenoxy) is 1. The van der Waals surface area contributed by atoms with Crippen LogP contribution in [-0.4, -0.2) is 57.8 Å². The molecule has 1 aliphatic heterocycles. The molecule has 1 saturated carbocycles. The number of hydrogen-bond donors (Lipinski definition) is 0. The van der Waals surface area contributed by atoms with Gasteiger partial charge in [-0.25, -0.2) is 16.8 Å². The van der Waals surface area contributed by atoms with Gasteiger partial charge >= 0.3 is 6.18 Å². The highest BCUT2D eigenvalue weighted by Gasteiger charge is 2.45. The molecule has 0 aromatic heterocycles. The van der Waals surface area contributed by atoms with Gasteiger partial charge in [-0.05, 0) is 81.8 Å². The largest absolute Gasteiger partial charge is 0.490 e. The molecular weight excluding hydrogens is 543 g/mol. The number of sulfone groups is 2. The Labute approximate surface area is 220 Å². The SMILES string of the molecule is CC(C)(C1CCN(C(=O)c2ccc(OC3CC3)cc2S(C)(=O)=O)CC1)S(=O)(=O)c1cccc(C(F)(F)F)c1. The summed E-state index contributed by atoms with van der Waals surface area (Å²) in [6.45, 7) is 3.33. The number of nitrogens with zero attached hydrogens (tertiary/aromatic N) is 1. The molecule has 0 atom stereocenters. The molecule has 7 nitrogen and oxygen atoms in total. The Bertz CT molecular complexity index is 1440. The summed E-state index contributed by atoms with van der Waals surface area (Å²) >= 11 is 0. The Balaban J connectivity index is 1.51. The van der Waals surface area contributed by atoms with Crippen molar-refractivity contribution in [3.05, 3.63) is 53.6 Å². The molecular formula is C26H30F3NO6S2. The van der Waals surface area contributed by atoms with E-state index < -0.39 is 52.9 Å². The first-order valence-corrected chi connectivity index (χ1v) is 15.6. The zero-order valence-corrected chi connectivity index (χ0v) is 22.9. The fraction of sp³-hybridized carbons (Fsp3) is 0.500. The van der Waals surface area contributed by atoms with E-state index in [0.29, 0.717) is 11.8 Å². The summed E-state index contributed by atoms with van der Waals surface area (Å²) in [6.07, 6.45) is -1.24. The van der Waals surface area contributed by atoms with E-state index in [4.69, 9.17) is 4.74 Å². The van der Waals surface area contributed by atoms with Crippen LogP contribution in [0.1, 0.15) is 55.5 Å². The van der Waals surface area contributed by atoms with Crippen LogP contribution in [0.5, 0.6) is 5.75 Å². The number of amides is 1. The van der Waals surface area contributed by atoms with Crippen molar-refractivity contribution in [3.8, 4) is 5.75 Å². The lowest BCUT2D eigenvalue weighted by Crippen LogP contribution is -2.47. The van der Waals surface area contributed by atoms with Gasteiger partial charge in [-0.3, -0.25) is 4.79 Å². The second kappa shape index (κ2) is 9.86. The van der Waals surface area contributed by atoms with Crippen LogP contribution in [0.25, 0.3) is 0 Å². The summed E-state index contributed by atoms with van der Waals surface area (Å²) in [7, 11) is -7.88. The lowest BCUT2D eigenvalue weighted by Gasteiger charge is -2.40. The quantitative estimate of drug-likeness (QED) is 0.474. The molecule has 1 saturated heterocycles. The summed E-state index contributed by atoms with van der Waals surface area (Å²) in [5, 5.41) is 0. The second-order valence-corrected chi connectivity index (χ2v) is 15.0. The van der Waals surface area contributed by atoms with Crippen molar-refractivity contribution in [3.63, 3.8) is 0 Å². The number of hydrogen-bond acceptors (Lipinski definition) is 6. The average molecular weight is 574 g/mol. The van der Waals surface area contributed by atoms with Crippen molar-refractivity contribution in [2.45, 2.75) is 66.3 Å². The highest BCUT2D eigenvalue weighted by molar-refractivity contribution is 7.92. The second-order valence-electron chi connectivity index (χ2n) is 10.4. The molecule has 38 heavy (non-hydrogen) atoms. The van der Waals surface area contributed by atoms with Gasteiger partial charge in [0.1, 0.15) is 5.75 Å². The maximum absolute atomic E-state index is 13.4. The number of halogens is 3. The van der Waals surface area contributed by atoms with Gasteiger partial charge in [0.25, 0.3) is 5.91 Å². The maximum atomic E-state index is 13.4. The van der Waals surface area contributed by atoms with Gasteiger partial charge in [-0.2, -0.15) is 13.2 Å². The number of rotatable bonds is 7. The first-order chi connectivity index (χ1) is 17.5. The van der Waals surface area contributed by atoms with E-state index >= 15 is 0 Å². The van der Waals surface area contributed by atoms with Crippen molar-refractivity contribution in [1.29, 1.82) is 0 Å². The fourth-order valence-electron chi connectivity index (χ4n) is 4.75. The highest BCUT2D eigenvalue weighted by atomic mass is 32.2. The third-order valence-electron chi connectivity index (χ3n) is 7.34. The summed E-state index contributed by atoms with van der Waals surface area (Å²) in [4.78, 5) is 14.3. The van der Waals surface area contributed by atoms with E-state index in [9.17, 15) is 34.8 Å². The molecule has 2 fully saturated rings. The molecule has 1 aliphatic carbocycles. The van der Waals surface area contributed by atoms with Crippen molar-refractivity contribution >= 4 is 25.6 Å². The molecule has 4 rings (SSSR count). The molecule has 0 N–H and O–H groups in total. The lowest BCUT2D eigenvalue weighted by atomic mass is 9.85. The monoisotopic (exact) mass is 573 g/mol. The number of carbonyl (C=O) groups excluding carboxylic acids is 1. The zero-order valence-electron chi connectivity index (χ0n) is 21.3. The first-order valence-electron chi connectivity index (χ1n) is 12.2. The molecule has 2 aliphatic rings. The van der Waals surface area contributed by atoms with E-state index in [2.05, 4.69) is 0 Å². The van der Waals surface area contributed by atoms with Gasteiger partial charge in [0.2, 0.25) is 0 Å². The average Bonchev–Trinajstić information content (AvgIpc) is 3.66. The van der Waals surface area contributed by atoms with Crippen LogP contribution < -0.4 is 4.74 Å². The summed E-state index contributed by atoms with van der Waals surface area (Å²) in [6, 6.07) is 8.08. The van der Waals surface area contributed by atoms with Crippen LogP contribution in [0, 0.1) is 5.92 Å². The van der Waals surface area contributed by atoms with Crippen molar-refractivity contribution in [2.24, 2.45) is 5.92 Å². The van der Waals surface area contributed by atoms with Gasteiger partial charge in [0.15, 0.2) is 19.7 Å². The van der Waals surface area contributed by atoms with Gasteiger partial charge in [-0.15, -0.1) is 0 Å². The molecule has 0 radical (unpaired) electrons. The minimum Gasteiger partial charge on any atom is -0.490 e. The fourth-order valence-corrected chi connectivity index (χ4v) is 7.46. The Hall–Kier alpha value is -2.60. The van der Waals surface area contributed by atoms with Gasteiger partial charge in [0.05, 0.1) is 31.8 Å². The Kier molecular flexibility index (Phi) is 7.37. The number of alkyl halides is 3. The first kappa shape index (κ1) is 28.4. The van der Waals surface area contributed by atoms with Crippen LogP contribution in [0.15, 0.2) is 52.3 Å². The molecule has 0 bridgehead atoms. The van der Waals surface area contributed by atoms with E-state index in [1.165, 1.54) is 30.9 Å². The van der Waals surface area contributed by atoms with E-state index in [0.717, 1.165) is 37.3 Å². The Morgan fingerprint density at radius 2 is 1.58 bits per heavy atom. The Morgan fingerprint density at radius 1 is 0.947 bits per heavy atom. The molecule has 1 amide bonds. The van der Waals surface area contributed by atoms with Crippen LogP contribution in [-0.2, 0) is 25.9 Å². The lowest BCUT2D eigenvalue weighted by molar-refractivity contribution is -0.137. The summed E-state index contributed by atoms with van der Waals surface area (Å²) < 4.78 is 95.5. The number of likely N-dealkylation sites (tertiary alicyclic amines) is 1. The normalized spacial score (nSPS) is 17.9. The summed E-state index contributed by atoms with van der Waals surface area (Å²) in [5.41, 5.74) is -1.02. The molecule has 0 unspecified atom stereocenters. The number of carbonyl (C=O) groups is 1. The molecule has 0 spiro atoms. The zero-order chi connectivity index (χ0) is 28.1. The summed E-state index contributed by atoms with van der Waals surface area (Å²) in [5.74, 6) is -0.542. The van der Waals surface area contributed by atoms with Gasteiger partial charge < -0.3 is 9.64 Å². The molecule has 208 valence electrons. The predicted molar refractivity (Wildman–Crippen MR) is 135 cm³/mol. The molecule has 12 heteroatoms. The van der Waals surface area contributed by atoms with Gasteiger partial charge in [-0.1, -0.05) is 6.07 Å². The highest BCUT2D eigenvalue weighted by Crippen LogP contribution is 2.40. The van der Waals surface area contributed by atoms with E-state index in [-0.39, 0.29) is 42.5 Å². The Morgan fingerprint density at radius 3 is 2.13 bits per heavy atom. The molecule has 2 aromatic rings. The van der Waals surface area contributed by atoms with Crippen molar-refractivity contribution in [1.82, 2.24) is 4.90 Å². The third-order valence-corrected chi connectivity index (χ3v) is 11.1. The van der Waals surface area contributed by atoms with Gasteiger partial charge in [0, 0.05) is 19.3 Å². The predicted octanol–water partition coefficient (Wildman–Crippen LogP) is 4.75. The number of benzene rings is 2.